The van der Waals surface area contributed by atoms with E-state index in [4.69, 9.17) is 0 Å². The number of aryl methyl sites for hydroxylation is 1. The van der Waals surface area contributed by atoms with Crippen LogP contribution in [0.1, 0.15) is 16.7 Å². The molecule has 4 heteroatoms. The first-order valence-electron chi connectivity index (χ1n) is 7.12. The van der Waals surface area contributed by atoms with Crippen molar-refractivity contribution in [3.05, 3.63) is 82.8 Å². The van der Waals surface area contributed by atoms with Crippen molar-refractivity contribution in [2.24, 2.45) is 0 Å². The van der Waals surface area contributed by atoms with Gasteiger partial charge in [-0.25, -0.2) is 0 Å². The predicted octanol–water partition coefficient (Wildman–Crippen LogP) is 5.34. The van der Waals surface area contributed by atoms with Crippen LogP contribution in [0.5, 0.6) is 0 Å². The van der Waals surface area contributed by atoms with E-state index >= 15 is 0 Å². The highest BCUT2D eigenvalue weighted by atomic mass is 33.1. The van der Waals surface area contributed by atoms with Gasteiger partial charge in [-0.3, -0.25) is 4.21 Å². The predicted molar refractivity (Wildman–Crippen MR) is 102 cm³/mol. The van der Waals surface area contributed by atoms with Crippen LogP contribution in [0.3, 0.4) is 0 Å². The van der Waals surface area contributed by atoms with Gasteiger partial charge in [-0.05, 0) is 23.5 Å². The Morgan fingerprint density at radius 3 is 2.45 bits per heavy atom. The first-order valence-corrected chi connectivity index (χ1v) is 11.0. The molecule has 2 aromatic rings. The molecule has 0 aliphatic carbocycles. The van der Waals surface area contributed by atoms with Crippen molar-refractivity contribution < 1.29 is 4.21 Å². The van der Waals surface area contributed by atoms with Crippen molar-refractivity contribution in [2.45, 2.75) is 18.4 Å². The highest BCUT2D eigenvalue weighted by Crippen LogP contribution is 2.26. The molecule has 0 bridgehead atoms. The zero-order valence-corrected chi connectivity index (χ0v) is 15.1. The van der Waals surface area contributed by atoms with Gasteiger partial charge in [0.05, 0.1) is 0 Å². The molecule has 22 heavy (non-hydrogen) atoms. The number of rotatable bonds is 8. The zero-order valence-electron chi connectivity index (χ0n) is 12.6. The molecule has 2 rings (SSSR count). The van der Waals surface area contributed by atoms with Gasteiger partial charge in [0.25, 0.3) is 0 Å². The summed E-state index contributed by atoms with van der Waals surface area (Å²) in [5.74, 6) is 2.24. The minimum atomic E-state index is -0.828. The standard InChI is InChI=1S/C18H20OS3/c1-16-8-10-18(11-9-16)15-22(19)13-5-12-20-21-14-17-6-3-2-4-7-17/h2-12H,13-15H2,1H3/b12-5+. The summed E-state index contributed by atoms with van der Waals surface area (Å²) >= 11 is 0. The minimum Gasteiger partial charge on any atom is -0.259 e. The molecule has 1 atom stereocenters. The van der Waals surface area contributed by atoms with Crippen LogP contribution < -0.4 is 0 Å². The van der Waals surface area contributed by atoms with Gasteiger partial charge in [0.1, 0.15) is 0 Å². The normalized spacial score (nSPS) is 12.6. The van der Waals surface area contributed by atoms with Crippen molar-refractivity contribution in [1.29, 1.82) is 0 Å². The second-order valence-electron chi connectivity index (χ2n) is 4.95. The minimum absolute atomic E-state index is 0.618. The Bertz CT molecular complexity index is 606. The van der Waals surface area contributed by atoms with E-state index in [-0.39, 0.29) is 0 Å². The summed E-state index contributed by atoms with van der Waals surface area (Å²) in [5, 5.41) is 2.04. The first-order chi connectivity index (χ1) is 10.7. The van der Waals surface area contributed by atoms with Gasteiger partial charge in [-0.15, -0.1) is 0 Å². The Morgan fingerprint density at radius 1 is 1.00 bits per heavy atom. The maximum atomic E-state index is 12.0. The van der Waals surface area contributed by atoms with Crippen LogP contribution in [0.15, 0.2) is 66.1 Å². The van der Waals surface area contributed by atoms with E-state index in [0.29, 0.717) is 11.5 Å². The third-order valence-electron chi connectivity index (χ3n) is 3.02. The lowest BCUT2D eigenvalue weighted by atomic mass is 10.2. The summed E-state index contributed by atoms with van der Waals surface area (Å²) in [7, 11) is 2.67. The fraction of sp³-hybridized carbons (Fsp3) is 0.222. The number of hydrogen-bond donors (Lipinski definition) is 0. The molecule has 1 nitrogen and oxygen atoms in total. The van der Waals surface area contributed by atoms with E-state index in [1.807, 2.05) is 17.6 Å². The highest BCUT2D eigenvalue weighted by molar-refractivity contribution is 8.77. The molecule has 1 unspecified atom stereocenters. The topological polar surface area (TPSA) is 17.1 Å². The summed E-state index contributed by atoms with van der Waals surface area (Å²) in [6.45, 7) is 2.06. The molecule has 0 aliphatic heterocycles. The molecule has 0 heterocycles. The van der Waals surface area contributed by atoms with Crippen LogP contribution in [0.2, 0.25) is 0 Å². The Kier molecular flexibility index (Phi) is 7.85. The van der Waals surface area contributed by atoms with Crippen molar-refractivity contribution in [1.82, 2.24) is 0 Å². The second-order valence-corrected chi connectivity index (χ2v) is 8.73. The number of benzene rings is 2. The smallest absolute Gasteiger partial charge is 0.0488 e. The third kappa shape index (κ3) is 6.86. The molecule has 116 valence electrons. The Hall–Kier alpha value is -0.970. The zero-order chi connectivity index (χ0) is 15.6. The molecule has 0 fully saturated rings. The fourth-order valence-electron chi connectivity index (χ4n) is 1.83. The van der Waals surface area contributed by atoms with Gasteiger partial charge in [0, 0.05) is 28.1 Å². The molecule has 0 spiro atoms. The summed E-state index contributed by atoms with van der Waals surface area (Å²) in [5.41, 5.74) is 3.71. The molecular formula is C18H20OS3. The molecule has 0 radical (unpaired) electrons. The molecule has 0 N–H and O–H groups in total. The molecule has 0 saturated carbocycles. The van der Waals surface area contributed by atoms with E-state index < -0.39 is 10.8 Å². The quantitative estimate of drug-likeness (QED) is 0.473. The largest absolute Gasteiger partial charge is 0.259 e. The summed E-state index contributed by atoms with van der Waals surface area (Å²) in [6, 6.07) is 18.7. The maximum absolute atomic E-state index is 12.0. The Balaban J connectivity index is 1.62. The van der Waals surface area contributed by atoms with Gasteiger partial charge < -0.3 is 0 Å². The monoisotopic (exact) mass is 348 g/mol. The lowest BCUT2D eigenvalue weighted by Gasteiger charge is -2.01. The van der Waals surface area contributed by atoms with Crippen LogP contribution in [0, 0.1) is 6.92 Å². The molecule has 0 amide bonds. The molecule has 0 aromatic heterocycles. The van der Waals surface area contributed by atoms with Crippen LogP contribution in [0.25, 0.3) is 0 Å². The van der Waals surface area contributed by atoms with Gasteiger partial charge in [-0.2, -0.15) is 0 Å². The fourth-order valence-corrected chi connectivity index (χ4v) is 4.68. The van der Waals surface area contributed by atoms with E-state index in [1.165, 1.54) is 11.1 Å². The molecule has 0 saturated heterocycles. The van der Waals surface area contributed by atoms with E-state index in [9.17, 15) is 4.21 Å². The van der Waals surface area contributed by atoms with E-state index in [2.05, 4.69) is 55.5 Å². The van der Waals surface area contributed by atoms with Crippen LogP contribution in [0.4, 0.5) is 0 Å². The first kappa shape index (κ1) is 17.4. The van der Waals surface area contributed by atoms with Gasteiger partial charge in [0.15, 0.2) is 0 Å². The van der Waals surface area contributed by atoms with Crippen molar-refractivity contribution >= 4 is 32.4 Å². The maximum Gasteiger partial charge on any atom is 0.0488 e. The van der Waals surface area contributed by atoms with Crippen LogP contribution >= 0.6 is 21.6 Å². The summed E-state index contributed by atoms with van der Waals surface area (Å²) < 4.78 is 12.0. The van der Waals surface area contributed by atoms with Gasteiger partial charge in [-0.1, -0.05) is 87.8 Å². The van der Waals surface area contributed by atoms with Crippen molar-refractivity contribution in [2.75, 3.05) is 5.75 Å². The van der Waals surface area contributed by atoms with E-state index in [0.717, 1.165) is 11.3 Å². The van der Waals surface area contributed by atoms with Crippen LogP contribution in [-0.4, -0.2) is 9.96 Å². The summed E-state index contributed by atoms with van der Waals surface area (Å²) in [4.78, 5) is 0. The molecular weight excluding hydrogens is 328 g/mol. The van der Waals surface area contributed by atoms with Crippen molar-refractivity contribution in [3.8, 4) is 0 Å². The van der Waals surface area contributed by atoms with Gasteiger partial charge >= 0.3 is 0 Å². The lowest BCUT2D eigenvalue weighted by molar-refractivity contribution is 0.684. The average Bonchev–Trinajstić information content (AvgIpc) is 2.54. The second kappa shape index (κ2) is 9.93. The third-order valence-corrected chi connectivity index (χ3v) is 6.22. The Labute approximate surface area is 143 Å². The highest BCUT2D eigenvalue weighted by Gasteiger charge is 1.99. The number of hydrogen-bond acceptors (Lipinski definition) is 3. The summed E-state index contributed by atoms with van der Waals surface area (Å²) in [6.07, 6.45) is 2.01. The average molecular weight is 349 g/mol. The molecule has 0 aliphatic rings. The van der Waals surface area contributed by atoms with Crippen molar-refractivity contribution in [3.63, 3.8) is 0 Å². The van der Waals surface area contributed by atoms with E-state index in [1.54, 1.807) is 21.6 Å². The Morgan fingerprint density at radius 2 is 1.73 bits per heavy atom. The van der Waals surface area contributed by atoms with Gasteiger partial charge in [0.2, 0.25) is 0 Å². The SMILES string of the molecule is Cc1ccc(CS(=O)C/C=C/SSCc2ccccc2)cc1. The lowest BCUT2D eigenvalue weighted by Crippen LogP contribution is -1.98. The van der Waals surface area contributed by atoms with Crippen LogP contribution in [-0.2, 0) is 22.3 Å². The molecule has 2 aromatic carbocycles.